The molecule has 18 heavy (non-hydrogen) atoms. The third-order valence-corrected chi connectivity index (χ3v) is 3.45. The highest BCUT2D eigenvalue weighted by atomic mass is 19.1. The number of benzene rings is 1. The molecular weight excluding hydrogens is 229 g/mol. The van der Waals surface area contributed by atoms with Gasteiger partial charge in [-0.1, -0.05) is 0 Å². The van der Waals surface area contributed by atoms with E-state index in [1.165, 1.54) is 25.0 Å². The topological polar surface area (TPSA) is 39.1 Å². The molecule has 4 heteroatoms. The second-order valence-electron chi connectivity index (χ2n) is 4.77. The lowest BCUT2D eigenvalue weighted by molar-refractivity contribution is 0.269. The van der Waals surface area contributed by atoms with Gasteiger partial charge in [0, 0.05) is 12.6 Å². The minimum absolute atomic E-state index is 0.364. The van der Waals surface area contributed by atoms with E-state index in [1.54, 1.807) is 6.07 Å². The van der Waals surface area contributed by atoms with Gasteiger partial charge in [0.15, 0.2) is 0 Å². The maximum absolute atomic E-state index is 13.0. The Morgan fingerprint density at radius 2 is 2.17 bits per heavy atom. The van der Waals surface area contributed by atoms with Crippen LogP contribution in [0.25, 0.3) is 0 Å². The molecule has 96 valence electrons. The number of nitriles is 1. The summed E-state index contributed by atoms with van der Waals surface area (Å²) >= 11 is 0. The Morgan fingerprint density at radius 3 is 2.83 bits per heavy atom. The summed E-state index contributed by atoms with van der Waals surface area (Å²) in [4.78, 5) is 2.43. The van der Waals surface area contributed by atoms with Crippen molar-refractivity contribution in [1.82, 2.24) is 4.90 Å². The first-order chi connectivity index (χ1) is 8.70. The standard InChI is InChI=1S/C14H18FN3/c1-11(18-6-2-3-7-18)10-17-14-5-4-13(15)8-12(14)9-16/h4-5,8,11,17H,2-3,6-7,10H2,1H3. The minimum Gasteiger partial charge on any atom is -0.382 e. The highest BCUT2D eigenvalue weighted by Gasteiger charge is 2.17. The molecule has 1 N–H and O–H groups in total. The molecular formula is C14H18FN3. The molecule has 2 rings (SSSR count). The monoisotopic (exact) mass is 247 g/mol. The van der Waals surface area contributed by atoms with E-state index < -0.39 is 0 Å². The van der Waals surface area contributed by atoms with Gasteiger partial charge in [-0.15, -0.1) is 0 Å². The summed E-state index contributed by atoms with van der Waals surface area (Å²) in [5, 5.41) is 12.2. The first-order valence-corrected chi connectivity index (χ1v) is 6.38. The van der Waals surface area contributed by atoms with Crippen LogP contribution in [0.2, 0.25) is 0 Å². The molecule has 0 spiro atoms. The highest BCUT2D eigenvalue weighted by Crippen LogP contribution is 2.17. The first-order valence-electron chi connectivity index (χ1n) is 6.38. The molecule has 0 aromatic heterocycles. The van der Waals surface area contributed by atoms with Crippen LogP contribution in [-0.4, -0.2) is 30.6 Å². The van der Waals surface area contributed by atoms with Crippen molar-refractivity contribution in [2.24, 2.45) is 0 Å². The lowest BCUT2D eigenvalue weighted by atomic mass is 10.2. The third kappa shape index (κ3) is 2.99. The van der Waals surface area contributed by atoms with Gasteiger partial charge in [-0.05, 0) is 51.1 Å². The van der Waals surface area contributed by atoms with Crippen molar-refractivity contribution >= 4 is 5.69 Å². The van der Waals surface area contributed by atoms with Gasteiger partial charge < -0.3 is 5.32 Å². The molecule has 0 saturated carbocycles. The number of hydrogen-bond acceptors (Lipinski definition) is 3. The molecule has 1 saturated heterocycles. The van der Waals surface area contributed by atoms with Gasteiger partial charge in [0.05, 0.1) is 11.3 Å². The number of nitrogens with one attached hydrogen (secondary N) is 1. The Labute approximate surface area is 107 Å². The van der Waals surface area contributed by atoms with Crippen molar-refractivity contribution < 1.29 is 4.39 Å². The molecule has 1 heterocycles. The van der Waals surface area contributed by atoms with Crippen LogP contribution in [0.5, 0.6) is 0 Å². The Kier molecular flexibility index (Phi) is 4.16. The lowest BCUT2D eigenvalue weighted by Crippen LogP contribution is -2.35. The Balaban J connectivity index is 1.95. The van der Waals surface area contributed by atoms with Crippen LogP contribution < -0.4 is 5.32 Å². The Bertz CT molecular complexity index is 447. The van der Waals surface area contributed by atoms with Crippen molar-refractivity contribution in [3.05, 3.63) is 29.6 Å². The second kappa shape index (κ2) is 5.83. The number of hydrogen-bond donors (Lipinski definition) is 1. The maximum Gasteiger partial charge on any atom is 0.124 e. The van der Waals surface area contributed by atoms with E-state index in [-0.39, 0.29) is 5.82 Å². The molecule has 1 atom stereocenters. The van der Waals surface area contributed by atoms with E-state index in [0.29, 0.717) is 17.3 Å². The fourth-order valence-corrected chi connectivity index (χ4v) is 2.33. The van der Waals surface area contributed by atoms with Crippen LogP contribution in [0.1, 0.15) is 25.3 Å². The van der Waals surface area contributed by atoms with Crippen molar-refractivity contribution in [1.29, 1.82) is 5.26 Å². The van der Waals surface area contributed by atoms with Gasteiger partial charge in [0.2, 0.25) is 0 Å². The maximum atomic E-state index is 13.0. The number of nitrogens with zero attached hydrogens (tertiary/aromatic N) is 2. The largest absolute Gasteiger partial charge is 0.382 e. The Morgan fingerprint density at radius 1 is 1.44 bits per heavy atom. The third-order valence-electron chi connectivity index (χ3n) is 3.45. The number of anilines is 1. The van der Waals surface area contributed by atoms with Gasteiger partial charge in [0.25, 0.3) is 0 Å². The molecule has 1 aliphatic rings. The summed E-state index contributed by atoms with van der Waals surface area (Å²) in [5.41, 5.74) is 1.08. The van der Waals surface area contributed by atoms with E-state index in [9.17, 15) is 4.39 Å². The smallest absolute Gasteiger partial charge is 0.124 e. The van der Waals surface area contributed by atoms with Crippen LogP contribution >= 0.6 is 0 Å². The molecule has 1 aromatic rings. The van der Waals surface area contributed by atoms with E-state index in [4.69, 9.17) is 5.26 Å². The zero-order valence-electron chi connectivity index (χ0n) is 10.6. The van der Waals surface area contributed by atoms with E-state index in [2.05, 4.69) is 17.1 Å². The van der Waals surface area contributed by atoms with Gasteiger partial charge >= 0.3 is 0 Å². The molecule has 0 aliphatic carbocycles. The second-order valence-corrected chi connectivity index (χ2v) is 4.77. The van der Waals surface area contributed by atoms with Crippen LogP contribution in [0.3, 0.4) is 0 Å². The number of likely N-dealkylation sites (tertiary alicyclic amines) is 1. The predicted molar refractivity (Wildman–Crippen MR) is 69.9 cm³/mol. The van der Waals surface area contributed by atoms with Crippen LogP contribution in [0.4, 0.5) is 10.1 Å². The fraction of sp³-hybridized carbons (Fsp3) is 0.500. The van der Waals surface area contributed by atoms with E-state index in [0.717, 1.165) is 19.6 Å². The summed E-state index contributed by atoms with van der Waals surface area (Å²) < 4.78 is 13.0. The zero-order chi connectivity index (χ0) is 13.0. The molecule has 1 aliphatic heterocycles. The fourth-order valence-electron chi connectivity index (χ4n) is 2.33. The summed E-state index contributed by atoms with van der Waals surface area (Å²) in [6.45, 7) is 5.25. The van der Waals surface area contributed by atoms with Gasteiger partial charge in [-0.3, -0.25) is 4.90 Å². The zero-order valence-corrected chi connectivity index (χ0v) is 10.6. The van der Waals surface area contributed by atoms with Gasteiger partial charge in [-0.25, -0.2) is 4.39 Å². The highest BCUT2D eigenvalue weighted by molar-refractivity contribution is 5.57. The average molecular weight is 247 g/mol. The minimum atomic E-state index is -0.371. The molecule has 1 aromatic carbocycles. The van der Waals surface area contributed by atoms with E-state index in [1.807, 2.05) is 6.07 Å². The first kappa shape index (κ1) is 12.8. The van der Waals surface area contributed by atoms with Gasteiger partial charge in [0.1, 0.15) is 11.9 Å². The summed E-state index contributed by atoms with van der Waals surface area (Å²) in [7, 11) is 0. The predicted octanol–water partition coefficient (Wildman–Crippen LogP) is 2.59. The summed E-state index contributed by atoms with van der Waals surface area (Å²) in [6, 6.07) is 6.72. The average Bonchev–Trinajstić information content (AvgIpc) is 2.90. The van der Waals surface area contributed by atoms with Crippen molar-refractivity contribution in [2.75, 3.05) is 25.0 Å². The summed E-state index contributed by atoms with van der Waals surface area (Å²) in [6.07, 6.45) is 2.54. The normalized spacial score (nSPS) is 17.4. The van der Waals surface area contributed by atoms with Crippen molar-refractivity contribution in [3.8, 4) is 6.07 Å². The van der Waals surface area contributed by atoms with Crippen LogP contribution in [-0.2, 0) is 0 Å². The van der Waals surface area contributed by atoms with Gasteiger partial charge in [-0.2, -0.15) is 5.26 Å². The lowest BCUT2D eigenvalue weighted by Gasteiger charge is -2.24. The Hall–Kier alpha value is -1.60. The number of halogens is 1. The molecule has 1 unspecified atom stereocenters. The van der Waals surface area contributed by atoms with Crippen LogP contribution in [0.15, 0.2) is 18.2 Å². The SMILES string of the molecule is CC(CNc1ccc(F)cc1C#N)N1CCCC1. The number of rotatable bonds is 4. The summed E-state index contributed by atoms with van der Waals surface area (Å²) in [5.74, 6) is -0.371. The molecule has 0 amide bonds. The van der Waals surface area contributed by atoms with Crippen LogP contribution in [0, 0.1) is 17.1 Å². The molecule has 0 radical (unpaired) electrons. The van der Waals surface area contributed by atoms with Crippen molar-refractivity contribution in [3.63, 3.8) is 0 Å². The molecule has 1 fully saturated rings. The van der Waals surface area contributed by atoms with Crippen molar-refractivity contribution in [2.45, 2.75) is 25.8 Å². The quantitative estimate of drug-likeness (QED) is 0.889. The van der Waals surface area contributed by atoms with E-state index >= 15 is 0 Å². The molecule has 3 nitrogen and oxygen atoms in total. The molecule has 0 bridgehead atoms.